The molecule has 0 spiro atoms. The van der Waals surface area contributed by atoms with Gasteiger partial charge in [0.25, 0.3) is 5.91 Å². The largest absolute Gasteiger partial charge is 0.435 e. The molecule has 0 fully saturated rings. The first kappa shape index (κ1) is 20.4. The van der Waals surface area contributed by atoms with Gasteiger partial charge in [0.05, 0.1) is 5.69 Å². The van der Waals surface area contributed by atoms with Crippen molar-refractivity contribution >= 4 is 22.6 Å². The summed E-state index contributed by atoms with van der Waals surface area (Å²) in [5.41, 5.74) is -2.31. The minimum absolute atomic E-state index is 0.0649. The molecule has 4 aromatic rings. The molecule has 0 saturated carbocycles. The smallest absolute Gasteiger partial charge is 0.322 e. The molecule has 0 radical (unpaired) electrons. The lowest BCUT2D eigenvalue weighted by molar-refractivity contribution is -0.143. The van der Waals surface area contributed by atoms with Crippen LogP contribution in [0.25, 0.3) is 16.7 Å². The van der Waals surface area contributed by atoms with Gasteiger partial charge in [0, 0.05) is 17.3 Å². The first-order valence-corrected chi connectivity index (χ1v) is 8.41. The zero-order valence-electron chi connectivity index (χ0n) is 15.0. The Labute approximate surface area is 168 Å². The zero-order valence-corrected chi connectivity index (χ0v) is 15.0. The standard InChI is InChI=1S/C18H9F6N5O2/c19-17(20,21)14-8-15(18(22,23)24)29(26-14)11-4-2-10(3-5-11)25-16(30)9-1-6-12-13(7-9)28-31-27-12/h1-8H,(H,25,30). The van der Waals surface area contributed by atoms with E-state index in [1.807, 2.05) is 0 Å². The van der Waals surface area contributed by atoms with Gasteiger partial charge >= 0.3 is 12.4 Å². The van der Waals surface area contributed by atoms with Gasteiger partial charge in [-0.1, -0.05) is 0 Å². The highest BCUT2D eigenvalue weighted by atomic mass is 19.4. The minimum atomic E-state index is -5.06. The van der Waals surface area contributed by atoms with Gasteiger partial charge in [-0.05, 0) is 52.8 Å². The molecule has 0 aliphatic heterocycles. The molecule has 13 heteroatoms. The summed E-state index contributed by atoms with van der Waals surface area (Å²) in [4.78, 5) is 12.4. The molecule has 0 atom stereocenters. The average molecular weight is 441 g/mol. The molecule has 7 nitrogen and oxygen atoms in total. The Hall–Kier alpha value is -3.90. The molecule has 1 amide bonds. The van der Waals surface area contributed by atoms with E-state index >= 15 is 0 Å². The van der Waals surface area contributed by atoms with Gasteiger partial charge in [-0.3, -0.25) is 4.79 Å². The summed E-state index contributed by atoms with van der Waals surface area (Å²) in [6.45, 7) is 0. The lowest BCUT2D eigenvalue weighted by atomic mass is 10.2. The molecule has 1 N–H and O–H groups in total. The van der Waals surface area contributed by atoms with Crippen LogP contribution in [0.4, 0.5) is 32.0 Å². The van der Waals surface area contributed by atoms with E-state index in [4.69, 9.17) is 0 Å². The number of halogens is 6. The number of amides is 1. The Bertz CT molecular complexity index is 1260. The summed E-state index contributed by atoms with van der Waals surface area (Å²) in [5.74, 6) is -0.549. The molecule has 31 heavy (non-hydrogen) atoms. The van der Waals surface area contributed by atoms with Gasteiger partial charge in [-0.25, -0.2) is 9.31 Å². The monoisotopic (exact) mass is 441 g/mol. The Kier molecular flexibility index (Phi) is 4.67. The molecule has 160 valence electrons. The average Bonchev–Trinajstić information content (AvgIpc) is 3.34. The Morgan fingerprint density at radius 2 is 1.55 bits per heavy atom. The number of nitrogens with one attached hydrogen (secondary N) is 1. The molecular formula is C18H9F6N5O2. The Morgan fingerprint density at radius 1 is 0.871 bits per heavy atom. The van der Waals surface area contributed by atoms with Crippen molar-refractivity contribution in [1.29, 1.82) is 0 Å². The number of rotatable bonds is 3. The molecule has 0 bridgehead atoms. The number of hydrogen-bond acceptors (Lipinski definition) is 5. The predicted molar refractivity (Wildman–Crippen MR) is 93.3 cm³/mol. The number of benzene rings is 2. The van der Waals surface area contributed by atoms with Crippen molar-refractivity contribution in [2.75, 3.05) is 5.32 Å². The zero-order chi connectivity index (χ0) is 22.4. The molecular weight excluding hydrogens is 432 g/mol. The van der Waals surface area contributed by atoms with Crippen LogP contribution in [0.3, 0.4) is 0 Å². The lowest BCUT2D eigenvalue weighted by Crippen LogP contribution is -2.14. The second-order valence-corrected chi connectivity index (χ2v) is 6.29. The van der Waals surface area contributed by atoms with Gasteiger partial charge in [-0.2, -0.15) is 31.4 Å². The number of carbonyl (C=O) groups excluding carboxylic acids is 1. The van der Waals surface area contributed by atoms with E-state index in [9.17, 15) is 31.1 Å². The fraction of sp³-hybridized carbons (Fsp3) is 0.111. The van der Waals surface area contributed by atoms with E-state index < -0.39 is 29.6 Å². The van der Waals surface area contributed by atoms with Crippen molar-refractivity contribution in [3.8, 4) is 5.69 Å². The summed E-state index contributed by atoms with van der Waals surface area (Å²) >= 11 is 0. The quantitative estimate of drug-likeness (QED) is 0.466. The molecule has 0 aliphatic rings. The van der Waals surface area contributed by atoms with Gasteiger partial charge in [0.2, 0.25) is 0 Å². The molecule has 0 aliphatic carbocycles. The van der Waals surface area contributed by atoms with Crippen molar-refractivity contribution in [3.05, 3.63) is 65.5 Å². The highest BCUT2D eigenvalue weighted by Crippen LogP contribution is 2.36. The number of alkyl halides is 6. The van der Waals surface area contributed by atoms with Gasteiger partial charge in [-0.15, -0.1) is 0 Å². The van der Waals surface area contributed by atoms with Gasteiger partial charge < -0.3 is 5.32 Å². The van der Waals surface area contributed by atoms with E-state index in [-0.39, 0.29) is 27.7 Å². The second-order valence-electron chi connectivity index (χ2n) is 6.29. The molecule has 2 aromatic carbocycles. The highest BCUT2D eigenvalue weighted by Gasteiger charge is 2.42. The van der Waals surface area contributed by atoms with Crippen molar-refractivity contribution in [2.45, 2.75) is 12.4 Å². The van der Waals surface area contributed by atoms with Crippen molar-refractivity contribution in [1.82, 2.24) is 20.1 Å². The maximum absolute atomic E-state index is 13.2. The summed E-state index contributed by atoms with van der Waals surface area (Å²) < 4.78 is 82.7. The van der Waals surface area contributed by atoms with Crippen LogP contribution in [0.15, 0.2) is 53.2 Å². The summed E-state index contributed by atoms with van der Waals surface area (Å²) in [6, 6.07) is 9.01. The first-order valence-electron chi connectivity index (χ1n) is 8.41. The van der Waals surface area contributed by atoms with Crippen LogP contribution in [0.1, 0.15) is 21.7 Å². The fourth-order valence-electron chi connectivity index (χ4n) is 2.73. The third-order valence-corrected chi connectivity index (χ3v) is 4.18. The Balaban J connectivity index is 1.59. The number of fused-ring (bicyclic) bond motifs is 1. The number of hydrogen-bond donors (Lipinski definition) is 1. The van der Waals surface area contributed by atoms with Gasteiger partial charge in [0.15, 0.2) is 5.69 Å². The maximum Gasteiger partial charge on any atom is 0.435 e. The Morgan fingerprint density at radius 3 is 2.19 bits per heavy atom. The van der Waals surface area contributed by atoms with Crippen LogP contribution in [-0.2, 0) is 12.4 Å². The van der Waals surface area contributed by atoms with Crippen molar-refractivity contribution in [2.24, 2.45) is 0 Å². The molecule has 0 saturated heterocycles. The molecule has 4 rings (SSSR count). The highest BCUT2D eigenvalue weighted by molar-refractivity contribution is 6.05. The summed E-state index contributed by atoms with van der Waals surface area (Å²) in [7, 11) is 0. The van der Waals surface area contributed by atoms with Crippen LogP contribution in [0, 0.1) is 0 Å². The van der Waals surface area contributed by atoms with Crippen LogP contribution < -0.4 is 5.32 Å². The normalized spacial score (nSPS) is 12.3. The topological polar surface area (TPSA) is 85.8 Å². The minimum Gasteiger partial charge on any atom is -0.322 e. The number of anilines is 1. The number of aromatic nitrogens is 4. The first-order chi connectivity index (χ1) is 14.5. The van der Waals surface area contributed by atoms with E-state index in [0.29, 0.717) is 11.0 Å². The van der Waals surface area contributed by atoms with E-state index in [0.717, 1.165) is 12.1 Å². The summed E-state index contributed by atoms with van der Waals surface area (Å²) in [5, 5.41) is 12.8. The number of nitrogens with zero attached hydrogens (tertiary/aromatic N) is 4. The second kappa shape index (κ2) is 7.11. The van der Waals surface area contributed by atoms with E-state index in [2.05, 4.69) is 25.4 Å². The fourth-order valence-corrected chi connectivity index (χ4v) is 2.73. The van der Waals surface area contributed by atoms with Gasteiger partial charge in [0.1, 0.15) is 16.7 Å². The predicted octanol–water partition coefficient (Wildman–Crippen LogP) is 4.70. The number of carbonyl (C=O) groups is 1. The molecule has 2 aromatic heterocycles. The van der Waals surface area contributed by atoms with Crippen LogP contribution in [0.5, 0.6) is 0 Å². The van der Waals surface area contributed by atoms with Crippen molar-refractivity contribution < 1.29 is 35.8 Å². The maximum atomic E-state index is 13.2. The third-order valence-electron chi connectivity index (χ3n) is 4.18. The van der Waals surface area contributed by atoms with E-state index in [1.54, 1.807) is 0 Å². The SMILES string of the molecule is O=C(Nc1ccc(-n2nc(C(F)(F)F)cc2C(F)(F)F)cc1)c1ccc2nonc2c1. The van der Waals surface area contributed by atoms with Crippen LogP contribution >= 0.6 is 0 Å². The lowest BCUT2D eigenvalue weighted by Gasteiger charge is -2.11. The molecule has 0 unspecified atom stereocenters. The van der Waals surface area contributed by atoms with Crippen LogP contribution in [-0.4, -0.2) is 26.0 Å². The molecule has 2 heterocycles. The summed E-state index contributed by atoms with van der Waals surface area (Å²) in [6.07, 6.45) is -10.1. The van der Waals surface area contributed by atoms with Crippen LogP contribution in [0.2, 0.25) is 0 Å². The van der Waals surface area contributed by atoms with E-state index in [1.165, 1.54) is 30.3 Å². The van der Waals surface area contributed by atoms with Crippen molar-refractivity contribution in [3.63, 3.8) is 0 Å². The third kappa shape index (κ3) is 4.06.